The second-order valence-corrected chi connectivity index (χ2v) is 5.64. The lowest BCUT2D eigenvalue weighted by molar-refractivity contribution is -0.112. The molecule has 0 aromatic heterocycles. The van der Waals surface area contributed by atoms with Crippen molar-refractivity contribution in [1.29, 1.82) is 5.26 Å². The molecule has 0 radical (unpaired) electrons. The number of halogens is 1. The van der Waals surface area contributed by atoms with E-state index in [1.807, 2.05) is 18.2 Å². The molecule has 6 nitrogen and oxygen atoms in total. The van der Waals surface area contributed by atoms with Crippen molar-refractivity contribution in [1.82, 2.24) is 5.32 Å². The molecule has 2 N–H and O–H groups in total. The monoisotopic (exact) mass is 371 g/mol. The van der Waals surface area contributed by atoms with E-state index in [1.165, 1.54) is 20.4 Å². The average Bonchev–Trinajstić information content (AvgIpc) is 2.65. The molecule has 0 atom stereocenters. The van der Waals surface area contributed by atoms with Gasteiger partial charge in [-0.15, -0.1) is 0 Å². The Balaban J connectivity index is 2.03. The van der Waals surface area contributed by atoms with Crippen LogP contribution in [0.5, 0.6) is 11.5 Å². The Kier molecular flexibility index (Phi) is 6.89. The summed E-state index contributed by atoms with van der Waals surface area (Å²) in [4.78, 5) is 12.3. The lowest BCUT2D eigenvalue weighted by Crippen LogP contribution is -2.16. The van der Waals surface area contributed by atoms with E-state index < -0.39 is 5.91 Å². The fraction of sp³-hybridized carbons (Fsp3) is 0.158. The Bertz CT molecular complexity index is 859. The highest BCUT2D eigenvalue weighted by atomic mass is 35.5. The van der Waals surface area contributed by atoms with Crippen LogP contribution in [-0.4, -0.2) is 20.1 Å². The molecule has 0 aliphatic heterocycles. The van der Waals surface area contributed by atoms with Crippen LogP contribution in [0.4, 0.5) is 5.69 Å². The van der Waals surface area contributed by atoms with Crippen molar-refractivity contribution in [2.75, 3.05) is 19.5 Å². The van der Waals surface area contributed by atoms with Crippen molar-refractivity contribution in [2.24, 2.45) is 0 Å². The van der Waals surface area contributed by atoms with Gasteiger partial charge in [0.15, 0.2) is 11.5 Å². The van der Waals surface area contributed by atoms with E-state index in [-0.39, 0.29) is 5.57 Å². The van der Waals surface area contributed by atoms with E-state index in [4.69, 9.17) is 21.1 Å². The molecule has 0 saturated carbocycles. The van der Waals surface area contributed by atoms with E-state index in [1.54, 1.807) is 30.3 Å². The van der Waals surface area contributed by atoms with Crippen LogP contribution in [-0.2, 0) is 11.3 Å². The molecule has 2 aromatic carbocycles. The van der Waals surface area contributed by atoms with E-state index in [0.717, 1.165) is 5.56 Å². The summed E-state index contributed by atoms with van der Waals surface area (Å²) >= 11 is 5.92. The smallest absolute Gasteiger partial charge is 0.267 e. The molecule has 0 unspecified atom stereocenters. The minimum Gasteiger partial charge on any atom is -0.493 e. The molecule has 0 bridgehead atoms. The van der Waals surface area contributed by atoms with Crippen LogP contribution in [0, 0.1) is 11.3 Å². The average molecular weight is 372 g/mol. The van der Waals surface area contributed by atoms with Crippen LogP contribution in [0.15, 0.2) is 54.2 Å². The largest absolute Gasteiger partial charge is 0.493 e. The van der Waals surface area contributed by atoms with Gasteiger partial charge in [0.05, 0.1) is 14.2 Å². The lowest BCUT2D eigenvalue weighted by atomic mass is 10.2. The Labute approximate surface area is 157 Å². The summed E-state index contributed by atoms with van der Waals surface area (Å²) < 4.78 is 10.3. The van der Waals surface area contributed by atoms with E-state index >= 15 is 0 Å². The van der Waals surface area contributed by atoms with Gasteiger partial charge in [0.1, 0.15) is 11.6 Å². The molecule has 0 heterocycles. The number of carbonyl (C=O) groups is 1. The van der Waals surface area contributed by atoms with E-state index in [9.17, 15) is 10.1 Å². The number of nitriles is 1. The number of nitrogens with zero attached hydrogens (tertiary/aromatic N) is 1. The maximum absolute atomic E-state index is 12.3. The molecule has 26 heavy (non-hydrogen) atoms. The van der Waals surface area contributed by atoms with Crippen LogP contribution in [0.25, 0.3) is 0 Å². The first kappa shape index (κ1) is 19.2. The molecular weight excluding hydrogens is 354 g/mol. The summed E-state index contributed by atoms with van der Waals surface area (Å²) in [6.45, 7) is 0.440. The van der Waals surface area contributed by atoms with E-state index in [0.29, 0.717) is 28.8 Å². The summed E-state index contributed by atoms with van der Waals surface area (Å²) in [6.07, 6.45) is 1.37. The maximum Gasteiger partial charge on any atom is 0.267 e. The summed E-state index contributed by atoms with van der Waals surface area (Å²) in [5.41, 5.74) is 1.37. The predicted molar refractivity (Wildman–Crippen MR) is 100 cm³/mol. The second kappa shape index (κ2) is 9.35. The standard InChI is InChI=1S/C19H18ClN3O3/c1-25-17-7-6-16(9-18(17)26-2)23-19(24)14(10-21)12-22-11-13-4-3-5-15(20)8-13/h3-9,12,22H,11H2,1-2H3,(H,23,24)/b14-12-. The Hall–Kier alpha value is -3.17. The van der Waals surface area contributed by atoms with Crippen molar-refractivity contribution >= 4 is 23.2 Å². The second-order valence-electron chi connectivity index (χ2n) is 5.20. The minimum absolute atomic E-state index is 0.0539. The lowest BCUT2D eigenvalue weighted by Gasteiger charge is -2.10. The molecule has 2 rings (SSSR count). The number of anilines is 1. The Morgan fingerprint density at radius 3 is 2.62 bits per heavy atom. The van der Waals surface area contributed by atoms with Crippen LogP contribution in [0.1, 0.15) is 5.56 Å². The van der Waals surface area contributed by atoms with Crippen molar-refractivity contribution in [3.8, 4) is 17.6 Å². The summed E-state index contributed by atoms with van der Waals surface area (Å²) in [5, 5.41) is 15.4. The normalized spacial score (nSPS) is 10.6. The molecular formula is C19H18ClN3O3. The number of nitrogens with one attached hydrogen (secondary N) is 2. The van der Waals surface area contributed by atoms with Crippen molar-refractivity contribution in [2.45, 2.75) is 6.54 Å². The molecule has 1 amide bonds. The molecule has 0 aliphatic carbocycles. The van der Waals surface area contributed by atoms with Crippen molar-refractivity contribution in [3.63, 3.8) is 0 Å². The predicted octanol–water partition coefficient (Wildman–Crippen LogP) is 3.49. The summed E-state index contributed by atoms with van der Waals surface area (Å²) in [5.74, 6) is 0.495. The molecule has 7 heteroatoms. The minimum atomic E-state index is -0.529. The molecule has 0 aliphatic rings. The highest BCUT2D eigenvalue weighted by Gasteiger charge is 2.11. The van der Waals surface area contributed by atoms with Gasteiger partial charge < -0.3 is 20.1 Å². The van der Waals surface area contributed by atoms with Crippen LogP contribution >= 0.6 is 11.6 Å². The number of carbonyl (C=O) groups excluding carboxylic acids is 1. The molecule has 2 aromatic rings. The molecule has 0 saturated heterocycles. The third-order valence-electron chi connectivity index (χ3n) is 3.45. The molecule has 134 valence electrons. The Morgan fingerprint density at radius 1 is 1.19 bits per heavy atom. The van der Waals surface area contributed by atoms with Crippen molar-refractivity contribution < 1.29 is 14.3 Å². The highest BCUT2D eigenvalue weighted by Crippen LogP contribution is 2.29. The van der Waals surface area contributed by atoms with Gasteiger partial charge in [0, 0.05) is 29.5 Å². The van der Waals surface area contributed by atoms with Gasteiger partial charge in [-0.25, -0.2) is 0 Å². The Morgan fingerprint density at radius 2 is 1.96 bits per heavy atom. The fourth-order valence-electron chi connectivity index (χ4n) is 2.18. The zero-order valence-electron chi connectivity index (χ0n) is 14.4. The summed E-state index contributed by atoms with van der Waals surface area (Å²) in [7, 11) is 3.03. The topological polar surface area (TPSA) is 83.4 Å². The number of rotatable bonds is 7. The van der Waals surface area contributed by atoms with Gasteiger partial charge >= 0.3 is 0 Å². The quantitative estimate of drug-likeness (QED) is 0.575. The van der Waals surface area contributed by atoms with Gasteiger partial charge in [-0.2, -0.15) is 5.26 Å². The van der Waals surface area contributed by atoms with Crippen LogP contribution in [0.2, 0.25) is 5.02 Å². The van der Waals surface area contributed by atoms with Gasteiger partial charge in [-0.05, 0) is 29.8 Å². The zero-order chi connectivity index (χ0) is 18.9. The SMILES string of the molecule is COc1ccc(NC(=O)/C(C#N)=C\NCc2cccc(Cl)c2)cc1OC. The third kappa shape index (κ3) is 5.16. The number of amides is 1. The number of hydrogen-bond donors (Lipinski definition) is 2. The first-order valence-electron chi connectivity index (χ1n) is 7.69. The first-order chi connectivity index (χ1) is 12.6. The maximum atomic E-state index is 12.3. The van der Waals surface area contributed by atoms with Gasteiger partial charge in [0.25, 0.3) is 5.91 Å². The van der Waals surface area contributed by atoms with Crippen molar-refractivity contribution in [3.05, 3.63) is 64.8 Å². The summed E-state index contributed by atoms with van der Waals surface area (Å²) in [6, 6.07) is 14.1. The number of methoxy groups -OCH3 is 2. The van der Waals surface area contributed by atoms with Gasteiger partial charge in [-0.1, -0.05) is 23.7 Å². The molecule has 0 fully saturated rings. The van der Waals surface area contributed by atoms with Crippen LogP contribution in [0.3, 0.4) is 0 Å². The highest BCUT2D eigenvalue weighted by molar-refractivity contribution is 6.30. The number of hydrogen-bond acceptors (Lipinski definition) is 5. The number of ether oxygens (including phenoxy) is 2. The van der Waals surface area contributed by atoms with Gasteiger partial charge in [0.2, 0.25) is 0 Å². The van der Waals surface area contributed by atoms with Crippen LogP contribution < -0.4 is 20.1 Å². The first-order valence-corrected chi connectivity index (χ1v) is 8.06. The number of benzene rings is 2. The molecule has 0 spiro atoms. The van der Waals surface area contributed by atoms with E-state index in [2.05, 4.69) is 10.6 Å². The third-order valence-corrected chi connectivity index (χ3v) is 3.68. The fourth-order valence-corrected chi connectivity index (χ4v) is 2.39. The van der Waals surface area contributed by atoms with Gasteiger partial charge in [-0.3, -0.25) is 4.79 Å². The zero-order valence-corrected chi connectivity index (χ0v) is 15.1.